The lowest BCUT2D eigenvalue weighted by molar-refractivity contribution is -0.870. The summed E-state index contributed by atoms with van der Waals surface area (Å²) in [7, 11) is 1.12. The lowest BCUT2D eigenvalue weighted by atomic mass is 10.0. The molecular formula is C71H117N2O7P. The molecule has 3 unspecified atom stereocenters. The number of esters is 1. The van der Waals surface area contributed by atoms with Crippen molar-refractivity contribution in [3.63, 3.8) is 0 Å². The smallest absolute Gasteiger partial charge is 0.306 e. The predicted octanol–water partition coefficient (Wildman–Crippen LogP) is 19.4. The van der Waals surface area contributed by atoms with E-state index in [4.69, 9.17) is 13.8 Å². The average molecular weight is 1140 g/mol. The Labute approximate surface area is 497 Å². The van der Waals surface area contributed by atoms with Crippen LogP contribution in [0.25, 0.3) is 0 Å². The van der Waals surface area contributed by atoms with Crippen molar-refractivity contribution >= 4 is 19.7 Å². The van der Waals surface area contributed by atoms with Gasteiger partial charge < -0.3 is 28.5 Å². The Morgan fingerprint density at radius 1 is 0.457 bits per heavy atom. The molecule has 1 N–H and O–H groups in total. The molecule has 0 heterocycles. The highest BCUT2D eigenvalue weighted by Crippen LogP contribution is 2.38. The van der Waals surface area contributed by atoms with Gasteiger partial charge in [0, 0.05) is 12.8 Å². The summed E-state index contributed by atoms with van der Waals surface area (Å²) in [6, 6.07) is -0.929. The fourth-order valence-corrected chi connectivity index (χ4v) is 8.98. The molecule has 10 heteroatoms. The van der Waals surface area contributed by atoms with Crippen molar-refractivity contribution < 1.29 is 37.3 Å². The van der Waals surface area contributed by atoms with E-state index in [0.29, 0.717) is 23.9 Å². The summed E-state index contributed by atoms with van der Waals surface area (Å²) < 4.78 is 30.3. The van der Waals surface area contributed by atoms with E-state index in [1.165, 1.54) is 57.8 Å². The van der Waals surface area contributed by atoms with Gasteiger partial charge in [-0.3, -0.25) is 14.2 Å². The minimum absolute atomic E-state index is 0.0429. The van der Waals surface area contributed by atoms with Gasteiger partial charge in [-0.2, -0.15) is 0 Å². The molecule has 0 saturated carbocycles. The van der Waals surface area contributed by atoms with Gasteiger partial charge in [0.2, 0.25) is 5.91 Å². The number of allylic oxidation sites excluding steroid dienone is 25. The van der Waals surface area contributed by atoms with Crippen molar-refractivity contribution in [2.45, 2.75) is 238 Å². The largest absolute Gasteiger partial charge is 0.756 e. The molecular weight excluding hydrogens is 1020 g/mol. The molecule has 0 radical (unpaired) electrons. The van der Waals surface area contributed by atoms with Crippen molar-refractivity contribution in [1.29, 1.82) is 0 Å². The second-order valence-corrected chi connectivity index (χ2v) is 23.4. The molecule has 1 amide bonds. The summed E-state index contributed by atoms with van der Waals surface area (Å²) in [5.74, 6) is -0.622. The molecule has 0 aromatic carbocycles. The first kappa shape index (κ1) is 76.6. The van der Waals surface area contributed by atoms with Crippen LogP contribution < -0.4 is 10.2 Å². The molecule has 0 aliphatic heterocycles. The maximum Gasteiger partial charge on any atom is 0.306 e. The third-order valence-corrected chi connectivity index (χ3v) is 14.1. The maximum absolute atomic E-state index is 13.6. The molecule has 0 aromatic heterocycles. The quantitative estimate of drug-likeness (QED) is 0.0161. The lowest BCUT2D eigenvalue weighted by Crippen LogP contribution is -2.47. The molecule has 0 spiro atoms. The van der Waals surface area contributed by atoms with Crippen molar-refractivity contribution in [1.82, 2.24) is 5.32 Å². The number of phosphoric ester groups is 1. The van der Waals surface area contributed by atoms with Gasteiger partial charge in [0.25, 0.3) is 7.82 Å². The van der Waals surface area contributed by atoms with E-state index in [-0.39, 0.29) is 25.4 Å². The molecule has 0 aliphatic rings. The number of nitrogens with zero attached hydrogens (tertiary/aromatic N) is 1. The van der Waals surface area contributed by atoms with Crippen LogP contribution in [0.3, 0.4) is 0 Å². The van der Waals surface area contributed by atoms with Gasteiger partial charge >= 0.3 is 5.97 Å². The summed E-state index contributed by atoms with van der Waals surface area (Å²) in [6.07, 6.45) is 86.4. The highest BCUT2D eigenvalue weighted by molar-refractivity contribution is 7.45. The van der Waals surface area contributed by atoms with E-state index in [2.05, 4.69) is 111 Å². The number of unbranched alkanes of at least 4 members (excludes halogenated alkanes) is 20. The molecule has 0 fully saturated rings. The van der Waals surface area contributed by atoms with Crippen LogP contribution >= 0.6 is 7.82 Å². The van der Waals surface area contributed by atoms with Crippen molar-refractivity contribution in [2.75, 3.05) is 40.9 Å². The Morgan fingerprint density at radius 3 is 1.35 bits per heavy atom. The number of phosphoric acid groups is 1. The number of ether oxygens (including phenoxy) is 1. The number of nitrogens with one attached hydrogen (secondary N) is 1. The van der Waals surface area contributed by atoms with Crippen molar-refractivity contribution in [3.05, 3.63) is 158 Å². The third-order valence-electron chi connectivity index (χ3n) is 13.1. The predicted molar refractivity (Wildman–Crippen MR) is 348 cm³/mol. The maximum atomic E-state index is 13.6. The van der Waals surface area contributed by atoms with Crippen LogP contribution in [-0.4, -0.2) is 69.4 Å². The molecule has 0 aromatic rings. The topological polar surface area (TPSA) is 114 Å². The van der Waals surface area contributed by atoms with Gasteiger partial charge in [0.15, 0.2) is 0 Å². The van der Waals surface area contributed by atoms with Gasteiger partial charge in [-0.25, -0.2) is 0 Å². The zero-order valence-electron chi connectivity index (χ0n) is 52.2. The minimum atomic E-state index is -4.73. The fourth-order valence-electron chi connectivity index (χ4n) is 8.26. The van der Waals surface area contributed by atoms with Crippen LogP contribution in [0.1, 0.15) is 226 Å². The standard InChI is InChI=1S/C71H117N2O7P/c1-7-10-13-16-19-22-25-28-30-32-33-34-35-36-37-38-39-41-42-45-48-51-54-57-60-63-70(74)72-68(67-79-81(76,77)78-66-65-73(4,5)6)69(62-59-56-53-50-47-44-27-24-21-18-15-12-9-3)80-71(75)64-61-58-55-52-49-46-43-40-31-29-26-23-20-17-14-11-8-2/h10-11,13-14,17,19-20,22-23,26,28-31,33-34,36-37,39-41,43,46,49,59,62,68-69H,7-9,12,15-16,18,21,24-25,27,32,35,38,42,44-45,47-48,50-58,60-61,63-67H2,1-6H3,(H-,72,74,76,77)/b13-10-,14-11-,20-17+,22-19-,26-23+,30-28-,31-29-,34-33-,37-36-,41-39-,43-40+,49-46+,62-59-. The van der Waals surface area contributed by atoms with Gasteiger partial charge in [0.1, 0.15) is 19.3 Å². The fraction of sp³-hybridized carbons (Fsp3) is 0.606. The van der Waals surface area contributed by atoms with Crippen molar-refractivity contribution in [2.24, 2.45) is 0 Å². The van der Waals surface area contributed by atoms with Crippen LogP contribution in [-0.2, 0) is 27.9 Å². The number of carbonyl (C=O) groups excluding carboxylic acids is 2. The zero-order chi connectivity index (χ0) is 59.3. The van der Waals surface area contributed by atoms with Crippen LogP contribution in [0.4, 0.5) is 0 Å². The number of quaternary nitrogens is 1. The van der Waals surface area contributed by atoms with E-state index >= 15 is 0 Å². The molecule has 0 rings (SSSR count). The first-order valence-corrected chi connectivity index (χ1v) is 33.3. The molecule has 81 heavy (non-hydrogen) atoms. The molecule has 0 saturated heterocycles. The Bertz CT molecular complexity index is 1940. The lowest BCUT2D eigenvalue weighted by Gasteiger charge is -2.30. The average Bonchev–Trinajstić information content (AvgIpc) is 3.44. The highest BCUT2D eigenvalue weighted by Gasteiger charge is 2.27. The molecule has 3 atom stereocenters. The van der Waals surface area contributed by atoms with E-state index < -0.39 is 32.5 Å². The van der Waals surface area contributed by atoms with E-state index in [0.717, 1.165) is 122 Å². The van der Waals surface area contributed by atoms with E-state index in [1.807, 2.05) is 94.1 Å². The zero-order valence-corrected chi connectivity index (χ0v) is 53.1. The summed E-state index contributed by atoms with van der Waals surface area (Å²) >= 11 is 0. The Hall–Kier alpha value is -4.37. The number of amides is 1. The molecule has 0 bridgehead atoms. The SMILES string of the molecule is CC\C=C/C=C/C=C/C=C\C=C\C=C\CCCCCC(=O)OC(/C=C\CCCCCCCCCCCCC)C(COP(=O)([O-])OCC[N+](C)(C)C)NC(=O)CCCCCCCC/C=C\C/C=C\C/C=C\C/C=C\C/C=C\C/C=C\CC. The number of likely N-dealkylation sites (N-methyl/N-ethyl adjacent to an activating group) is 1. The number of hydrogen-bond donors (Lipinski definition) is 1. The first-order chi connectivity index (χ1) is 39.4. The van der Waals surface area contributed by atoms with Gasteiger partial charge in [-0.15, -0.1) is 0 Å². The summed E-state index contributed by atoms with van der Waals surface area (Å²) in [5, 5.41) is 3.01. The van der Waals surface area contributed by atoms with Gasteiger partial charge in [-0.1, -0.05) is 269 Å². The Morgan fingerprint density at radius 2 is 0.852 bits per heavy atom. The molecule has 458 valence electrons. The second kappa shape index (κ2) is 58.8. The number of rotatable bonds is 55. The molecule has 9 nitrogen and oxygen atoms in total. The first-order valence-electron chi connectivity index (χ1n) is 31.9. The van der Waals surface area contributed by atoms with E-state index in [9.17, 15) is 19.0 Å². The van der Waals surface area contributed by atoms with Crippen LogP contribution in [0.5, 0.6) is 0 Å². The van der Waals surface area contributed by atoms with E-state index in [1.54, 1.807) is 0 Å². The Kier molecular flexibility index (Phi) is 55.6. The van der Waals surface area contributed by atoms with Crippen molar-refractivity contribution in [3.8, 4) is 0 Å². The summed E-state index contributed by atoms with van der Waals surface area (Å²) in [6.45, 7) is 6.52. The monoisotopic (exact) mass is 1140 g/mol. The highest BCUT2D eigenvalue weighted by atomic mass is 31.2. The van der Waals surface area contributed by atoms with Gasteiger partial charge in [0.05, 0.1) is 33.8 Å². The summed E-state index contributed by atoms with van der Waals surface area (Å²) in [5.41, 5.74) is 0. The Balaban J connectivity index is 5.34. The number of carbonyl (C=O) groups is 2. The molecule has 0 aliphatic carbocycles. The second-order valence-electron chi connectivity index (χ2n) is 21.9. The normalized spacial score (nSPS) is 14.7. The van der Waals surface area contributed by atoms with Crippen LogP contribution in [0.15, 0.2) is 158 Å². The summed E-state index contributed by atoms with van der Waals surface area (Å²) in [4.78, 5) is 40.0. The minimum Gasteiger partial charge on any atom is -0.756 e. The number of hydrogen-bond acceptors (Lipinski definition) is 7. The van der Waals surface area contributed by atoms with Crippen LogP contribution in [0, 0.1) is 0 Å². The van der Waals surface area contributed by atoms with Crippen LogP contribution in [0.2, 0.25) is 0 Å². The van der Waals surface area contributed by atoms with Gasteiger partial charge in [-0.05, 0) is 102 Å². The third kappa shape index (κ3) is 60.1.